The van der Waals surface area contributed by atoms with Gasteiger partial charge >= 0.3 is 0 Å². The highest BCUT2D eigenvalue weighted by Crippen LogP contribution is 2.19. The molecule has 0 fully saturated rings. The number of anilines is 1. The first-order valence-electron chi connectivity index (χ1n) is 6.69. The van der Waals surface area contributed by atoms with Crippen molar-refractivity contribution in [3.05, 3.63) is 59.9 Å². The molecule has 1 N–H and O–H groups in total. The van der Waals surface area contributed by atoms with Crippen molar-refractivity contribution >= 4 is 11.6 Å². The van der Waals surface area contributed by atoms with Crippen LogP contribution in [-0.2, 0) is 4.79 Å². The van der Waals surface area contributed by atoms with Gasteiger partial charge in [0, 0.05) is 6.42 Å². The third kappa shape index (κ3) is 4.25. The van der Waals surface area contributed by atoms with Crippen molar-refractivity contribution in [3.63, 3.8) is 0 Å². The SMILES string of the molecule is O=C(CCCOc1ccccc1)Nc1ccc(F)c(F)c1F. The van der Waals surface area contributed by atoms with Crippen molar-refractivity contribution in [2.24, 2.45) is 0 Å². The highest BCUT2D eigenvalue weighted by Gasteiger charge is 2.14. The quantitative estimate of drug-likeness (QED) is 0.649. The minimum absolute atomic E-state index is 0.0747. The molecule has 116 valence electrons. The molecule has 0 unspecified atom stereocenters. The minimum atomic E-state index is -1.61. The summed E-state index contributed by atoms with van der Waals surface area (Å²) in [6.45, 7) is 0.317. The van der Waals surface area contributed by atoms with Crippen LogP contribution in [0.25, 0.3) is 0 Å². The molecule has 0 radical (unpaired) electrons. The van der Waals surface area contributed by atoms with E-state index in [2.05, 4.69) is 5.32 Å². The lowest BCUT2D eigenvalue weighted by atomic mass is 10.2. The standard InChI is InChI=1S/C16H14F3NO2/c17-12-8-9-13(16(19)15(12)18)20-14(21)7-4-10-22-11-5-2-1-3-6-11/h1-3,5-6,8-9H,4,7,10H2,(H,20,21). The molecule has 0 saturated heterocycles. The van der Waals surface area contributed by atoms with Crippen molar-refractivity contribution in [2.45, 2.75) is 12.8 Å². The zero-order chi connectivity index (χ0) is 15.9. The van der Waals surface area contributed by atoms with Crippen molar-refractivity contribution in [2.75, 3.05) is 11.9 Å². The van der Waals surface area contributed by atoms with E-state index in [-0.39, 0.29) is 12.1 Å². The molecule has 0 saturated carbocycles. The summed E-state index contributed by atoms with van der Waals surface area (Å²) in [6.07, 6.45) is 0.483. The van der Waals surface area contributed by atoms with Gasteiger partial charge in [-0.15, -0.1) is 0 Å². The zero-order valence-electron chi connectivity index (χ0n) is 11.6. The molecule has 3 nitrogen and oxygen atoms in total. The molecule has 0 heterocycles. The van der Waals surface area contributed by atoms with Crippen molar-refractivity contribution in [3.8, 4) is 5.75 Å². The minimum Gasteiger partial charge on any atom is -0.494 e. The van der Waals surface area contributed by atoms with Gasteiger partial charge in [-0.2, -0.15) is 0 Å². The van der Waals surface area contributed by atoms with Gasteiger partial charge in [0.05, 0.1) is 12.3 Å². The maximum atomic E-state index is 13.4. The van der Waals surface area contributed by atoms with Crippen LogP contribution in [0.15, 0.2) is 42.5 Å². The highest BCUT2D eigenvalue weighted by atomic mass is 19.2. The number of amides is 1. The Morgan fingerprint density at radius 3 is 2.45 bits per heavy atom. The zero-order valence-corrected chi connectivity index (χ0v) is 11.6. The monoisotopic (exact) mass is 309 g/mol. The molecule has 0 aliphatic carbocycles. The second-order valence-electron chi connectivity index (χ2n) is 4.54. The Morgan fingerprint density at radius 2 is 1.73 bits per heavy atom. The number of para-hydroxylation sites is 1. The van der Waals surface area contributed by atoms with E-state index in [4.69, 9.17) is 4.74 Å². The molecule has 6 heteroatoms. The third-order valence-corrected chi connectivity index (χ3v) is 2.87. The van der Waals surface area contributed by atoms with E-state index in [1.807, 2.05) is 18.2 Å². The molecular weight excluding hydrogens is 295 g/mol. The summed E-state index contributed by atoms with van der Waals surface area (Å²) in [5.74, 6) is -4.12. The summed E-state index contributed by atoms with van der Waals surface area (Å²) in [4.78, 5) is 11.6. The average Bonchev–Trinajstić information content (AvgIpc) is 2.53. The Labute approximate surface area is 125 Å². The number of halogens is 3. The third-order valence-electron chi connectivity index (χ3n) is 2.87. The number of benzene rings is 2. The van der Waals surface area contributed by atoms with Crippen LogP contribution in [0.3, 0.4) is 0 Å². The number of rotatable bonds is 6. The Morgan fingerprint density at radius 1 is 1.00 bits per heavy atom. The second-order valence-corrected chi connectivity index (χ2v) is 4.54. The van der Waals surface area contributed by atoms with Crippen LogP contribution in [0.1, 0.15) is 12.8 Å². The largest absolute Gasteiger partial charge is 0.494 e. The fraction of sp³-hybridized carbons (Fsp3) is 0.188. The van der Waals surface area contributed by atoms with Gasteiger partial charge in [0.2, 0.25) is 5.91 Å². The fourth-order valence-corrected chi connectivity index (χ4v) is 1.77. The van der Waals surface area contributed by atoms with Crippen LogP contribution in [0.5, 0.6) is 5.75 Å². The van der Waals surface area contributed by atoms with E-state index in [1.54, 1.807) is 12.1 Å². The summed E-state index contributed by atoms with van der Waals surface area (Å²) in [5.41, 5.74) is -0.382. The van der Waals surface area contributed by atoms with E-state index in [9.17, 15) is 18.0 Å². The van der Waals surface area contributed by atoms with Crippen LogP contribution in [-0.4, -0.2) is 12.5 Å². The van der Waals surface area contributed by atoms with E-state index in [1.165, 1.54) is 0 Å². The van der Waals surface area contributed by atoms with Gasteiger partial charge in [-0.25, -0.2) is 13.2 Å². The second kappa shape index (κ2) is 7.49. The summed E-state index contributed by atoms with van der Waals surface area (Å²) in [5, 5.41) is 2.20. The van der Waals surface area contributed by atoms with E-state index >= 15 is 0 Å². The topological polar surface area (TPSA) is 38.3 Å². The van der Waals surface area contributed by atoms with Gasteiger partial charge in [-0.3, -0.25) is 4.79 Å². The fourth-order valence-electron chi connectivity index (χ4n) is 1.77. The molecule has 0 aliphatic rings. The highest BCUT2D eigenvalue weighted by molar-refractivity contribution is 5.90. The first-order valence-corrected chi connectivity index (χ1v) is 6.69. The molecule has 0 atom stereocenters. The number of carbonyl (C=O) groups excluding carboxylic acids is 1. The number of ether oxygens (including phenoxy) is 1. The average molecular weight is 309 g/mol. The Bertz CT molecular complexity index is 647. The molecule has 0 spiro atoms. The summed E-state index contributed by atoms with van der Waals surface area (Å²) < 4.78 is 44.6. The molecule has 22 heavy (non-hydrogen) atoms. The van der Waals surface area contributed by atoms with Gasteiger partial charge < -0.3 is 10.1 Å². The number of hydrogen-bond acceptors (Lipinski definition) is 2. The van der Waals surface area contributed by atoms with E-state index < -0.39 is 23.4 Å². The van der Waals surface area contributed by atoms with E-state index in [0.717, 1.165) is 12.1 Å². The number of carbonyl (C=O) groups is 1. The first kappa shape index (κ1) is 15.9. The van der Waals surface area contributed by atoms with Crippen LogP contribution in [0, 0.1) is 17.5 Å². The summed E-state index contributed by atoms with van der Waals surface area (Å²) >= 11 is 0. The number of hydrogen-bond donors (Lipinski definition) is 1. The van der Waals surface area contributed by atoms with Gasteiger partial charge in [-0.05, 0) is 30.7 Å². The lowest BCUT2D eigenvalue weighted by molar-refractivity contribution is -0.116. The molecular formula is C16H14F3NO2. The summed E-state index contributed by atoms with van der Waals surface area (Å²) in [6, 6.07) is 10.8. The van der Waals surface area contributed by atoms with E-state index in [0.29, 0.717) is 18.8 Å². The van der Waals surface area contributed by atoms with Crippen LogP contribution in [0.2, 0.25) is 0 Å². The first-order chi connectivity index (χ1) is 10.6. The van der Waals surface area contributed by atoms with Gasteiger partial charge in [0.1, 0.15) is 5.75 Å². The maximum Gasteiger partial charge on any atom is 0.224 e. The Kier molecular flexibility index (Phi) is 5.41. The predicted octanol–water partition coefficient (Wildman–Crippen LogP) is 3.90. The molecule has 0 bridgehead atoms. The lowest BCUT2D eigenvalue weighted by Crippen LogP contribution is -2.14. The van der Waals surface area contributed by atoms with Crippen LogP contribution >= 0.6 is 0 Å². The van der Waals surface area contributed by atoms with Gasteiger partial charge in [0.15, 0.2) is 17.5 Å². The normalized spacial score (nSPS) is 10.3. The van der Waals surface area contributed by atoms with Crippen LogP contribution in [0.4, 0.5) is 18.9 Å². The van der Waals surface area contributed by atoms with Crippen LogP contribution < -0.4 is 10.1 Å². The lowest BCUT2D eigenvalue weighted by Gasteiger charge is -2.08. The maximum absolute atomic E-state index is 13.4. The number of nitrogens with one attached hydrogen (secondary N) is 1. The Hall–Kier alpha value is -2.50. The molecule has 2 rings (SSSR count). The molecule has 2 aromatic carbocycles. The van der Waals surface area contributed by atoms with Crippen molar-refractivity contribution < 1.29 is 22.7 Å². The molecule has 1 amide bonds. The predicted molar refractivity (Wildman–Crippen MR) is 76.1 cm³/mol. The van der Waals surface area contributed by atoms with Gasteiger partial charge in [0.25, 0.3) is 0 Å². The molecule has 2 aromatic rings. The molecule has 0 aliphatic heterocycles. The summed E-state index contributed by atoms with van der Waals surface area (Å²) in [7, 11) is 0. The van der Waals surface area contributed by atoms with Gasteiger partial charge in [-0.1, -0.05) is 18.2 Å². The molecule has 0 aromatic heterocycles. The van der Waals surface area contributed by atoms with Crippen molar-refractivity contribution in [1.82, 2.24) is 0 Å². The smallest absolute Gasteiger partial charge is 0.224 e. The Balaban J connectivity index is 1.78. The van der Waals surface area contributed by atoms with Crippen molar-refractivity contribution in [1.29, 1.82) is 0 Å².